The van der Waals surface area contributed by atoms with E-state index < -0.39 is 59.9 Å². The number of benzene rings is 2. The Labute approximate surface area is 321 Å². The number of imide groups is 1. The number of carbonyl (C=O) groups excluding carboxylic acids is 5. The van der Waals surface area contributed by atoms with E-state index in [1.54, 1.807) is 11.0 Å². The van der Waals surface area contributed by atoms with Crippen LogP contribution >= 0.6 is 0 Å². The van der Waals surface area contributed by atoms with Crippen LogP contribution in [-0.4, -0.2) is 90.9 Å². The smallest absolute Gasteiger partial charge is 0.324 e. The zero-order chi connectivity index (χ0) is 39.9. The maximum atomic E-state index is 14.0. The molecule has 6 atom stereocenters. The second kappa shape index (κ2) is 21.2. The van der Waals surface area contributed by atoms with Gasteiger partial charge < -0.3 is 20.1 Å². The number of rotatable bonds is 20. The van der Waals surface area contributed by atoms with Gasteiger partial charge in [-0.3, -0.25) is 33.8 Å². The third-order valence-electron chi connectivity index (χ3n) is 9.54. The summed E-state index contributed by atoms with van der Waals surface area (Å²) in [5, 5.41) is 5.92. The van der Waals surface area contributed by atoms with Gasteiger partial charge in [0.1, 0.15) is 23.9 Å². The summed E-state index contributed by atoms with van der Waals surface area (Å²) in [6, 6.07) is 16.3. The van der Waals surface area contributed by atoms with Crippen LogP contribution in [-0.2, 0) is 46.3 Å². The molecule has 0 unspecified atom stereocenters. The number of nitrogens with one attached hydrogen (secondary N) is 2. The number of methoxy groups -OCH3 is 1. The number of nitrogens with zero attached hydrogens (tertiary/aromatic N) is 2. The monoisotopic (exact) mass is 744 g/mol. The van der Waals surface area contributed by atoms with Crippen LogP contribution in [0.1, 0.15) is 71.9 Å². The Kier molecular flexibility index (Phi) is 17.1. The van der Waals surface area contributed by atoms with Crippen LogP contribution in [0.3, 0.4) is 0 Å². The number of likely N-dealkylation sites (N-methyl/N-ethyl adjacent to an activating group) is 1. The molecule has 11 nitrogen and oxygen atoms in total. The molecule has 11 heteroatoms. The molecule has 0 aromatic heterocycles. The van der Waals surface area contributed by atoms with Crippen LogP contribution in [0.5, 0.6) is 0 Å². The molecule has 0 aliphatic carbocycles. The van der Waals surface area contributed by atoms with Gasteiger partial charge in [0.05, 0.1) is 13.2 Å². The van der Waals surface area contributed by atoms with Crippen molar-refractivity contribution >= 4 is 29.6 Å². The Hall–Kier alpha value is -4.77. The van der Waals surface area contributed by atoms with Gasteiger partial charge in [-0.1, -0.05) is 115 Å². The molecule has 0 fully saturated rings. The van der Waals surface area contributed by atoms with Crippen LogP contribution in [0.4, 0.5) is 0 Å². The highest BCUT2D eigenvalue weighted by Gasteiger charge is 2.38. The lowest BCUT2D eigenvalue weighted by Gasteiger charge is -2.30. The van der Waals surface area contributed by atoms with E-state index in [9.17, 15) is 24.0 Å². The molecule has 1 aliphatic heterocycles. The molecular weight excluding hydrogens is 684 g/mol. The number of hydrogen-bond acceptors (Lipinski definition) is 8. The third kappa shape index (κ3) is 13.0. The minimum atomic E-state index is -1.09. The van der Waals surface area contributed by atoms with Gasteiger partial charge >= 0.3 is 5.97 Å². The van der Waals surface area contributed by atoms with Crippen molar-refractivity contribution in [2.24, 2.45) is 17.8 Å². The summed E-state index contributed by atoms with van der Waals surface area (Å²) in [5.41, 5.74) is 1.85. The number of carbonyl (C=O) groups is 5. The number of hydrogen-bond donors (Lipinski definition) is 2. The topological polar surface area (TPSA) is 134 Å². The van der Waals surface area contributed by atoms with Crippen molar-refractivity contribution in [3.63, 3.8) is 0 Å². The second-order valence-corrected chi connectivity index (χ2v) is 15.2. The molecule has 4 amide bonds. The molecule has 1 aliphatic rings. The van der Waals surface area contributed by atoms with Crippen molar-refractivity contribution in [3.05, 3.63) is 95.8 Å². The van der Waals surface area contributed by atoms with E-state index >= 15 is 0 Å². The van der Waals surface area contributed by atoms with Gasteiger partial charge in [0.2, 0.25) is 5.91 Å². The van der Waals surface area contributed by atoms with E-state index in [0.717, 1.165) is 17.5 Å². The van der Waals surface area contributed by atoms with Gasteiger partial charge in [0.15, 0.2) is 6.10 Å². The fraction of sp³-hybridized carbons (Fsp3) is 0.512. The quantitative estimate of drug-likeness (QED) is 0.139. The molecule has 3 rings (SSSR count). The Bertz CT molecular complexity index is 1610. The summed E-state index contributed by atoms with van der Waals surface area (Å²) in [4.78, 5) is 71.0. The first kappa shape index (κ1) is 43.6. The van der Waals surface area contributed by atoms with Crippen LogP contribution in [0.25, 0.3) is 0 Å². The lowest BCUT2D eigenvalue weighted by molar-refractivity contribution is -0.163. The summed E-state index contributed by atoms with van der Waals surface area (Å²) in [7, 11) is 5.10. The Balaban J connectivity index is 1.86. The van der Waals surface area contributed by atoms with Crippen molar-refractivity contribution in [3.8, 4) is 0 Å². The maximum Gasteiger partial charge on any atom is 0.324 e. The van der Waals surface area contributed by atoms with Crippen molar-refractivity contribution in [2.75, 3.05) is 21.2 Å². The van der Waals surface area contributed by atoms with Gasteiger partial charge in [-0.2, -0.15) is 0 Å². The SMILES string of the molecule is CC[C@H](C)[C@@H](C(=O)O[C@@H](CC(C)C)C(=O)N[C@@H](CC(C)C)C(=O)N[C@H](/C=C/C(=O)N1C(=O)C=C(OC)[C@H]1Cc1ccccc1)Cc1ccccc1)N(C)C. The third-order valence-corrected chi connectivity index (χ3v) is 9.54. The minimum Gasteiger partial charge on any atom is -0.499 e. The average Bonchev–Trinajstić information content (AvgIpc) is 3.44. The lowest BCUT2D eigenvalue weighted by Crippen LogP contribution is -2.53. The molecule has 1 heterocycles. The molecule has 0 saturated carbocycles. The van der Waals surface area contributed by atoms with Gasteiger partial charge in [-0.05, 0) is 62.2 Å². The van der Waals surface area contributed by atoms with Crippen LogP contribution in [0.15, 0.2) is 84.7 Å². The molecule has 2 N–H and O–H groups in total. The summed E-state index contributed by atoms with van der Waals surface area (Å²) in [6.07, 6.45) is 5.23. The van der Waals surface area contributed by atoms with Crippen molar-refractivity contribution in [2.45, 2.75) is 104 Å². The molecule has 0 radical (unpaired) electrons. The van der Waals surface area contributed by atoms with E-state index in [2.05, 4.69) is 10.6 Å². The van der Waals surface area contributed by atoms with Crippen LogP contribution in [0.2, 0.25) is 0 Å². The van der Waals surface area contributed by atoms with E-state index in [0.29, 0.717) is 25.0 Å². The predicted octanol–water partition coefficient (Wildman–Crippen LogP) is 5.25. The van der Waals surface area contributed by atoms with Gasteiger partial charge in [0.25, 0.3) is 17.7 Å². The Morgan fingerprint density at radius 1 is 0.852 bits per heavy atom. The second-order valence-electron chi connectivity index (χ2n) is 15.2. The van der Waals surface area contributed by atoms with E-state index in [4.69, 9.17) is 9.47 Å². The molecule has 2 aromatic rings. The molecule has 0 spiro atoms. The fourth-order valence-electron chi connectivity index (χ4n) is 6.64. The van der Waals surface area contributed by atoms with Crippen molar-refractivity contribution in [1.82, 2.24) is 20.4 Å². The summed E-state index contributed by atoms with van der Waals surface area (Å²) in [6.45, 7) is 11.8. The van der Waals surface area contributed by atoms with E-state index in [-0.39, 0.29) is 24.2 Å². The fourth-order valence-corrected chi connectivity index (χ4v) is 6.64. The summed E-state index contributed by atoms with van der Waals surface area (Å²) >= 11 is 0. The molecule has 54 heavy (non-hydrogen) atoms. The van der Waals surface area contributed by atoms with Gasteiger partial charge in [0, 0.05) is 18.6 Å². The highest BCUT2D eigenvalue weighted by molar-refractivity contribution is 6.08. The largest absolute Gasteiger partial charge is 0.499 e. The molecule has 294 valence electrons. The van der Waals surface area contributed by atoms with Gasteiger partial charge in [-0.15, -0.1) is 0 Å². The maximum absolute atomic E-state index is 14.0. The van der Waals surface area contributed by atoms with Crippen molar-refractivity contribution < 1.29 is 33.4 Å². The zero-order valence-electron chi connectivity index (χ0n) is 33.4. The summed E-state index contributed by atoms with van der Waals surface area (Å²) in [5.74, 6) is -2.02. The highest BCUT2D eigenvalue weighted by Crippen LogP contribution is 2.25. The van der Waals surface area contributed by atoms with E-state index in [1.165, 1.54) is 24.2 Å². The van der Waals surface area contributed by atoms with Gasteiger partial charge in [-0.25, -0.2) is 0 Å². The zero-order valence-corrected chi connectivity index (χ0v) is 33.4. The minimum absolute atomic E-state index is 0.00726. The van der Waals surface area contributed by atoms with E-state index in [1.807, 2.05) is 116 Å². The van der Waals surface area contributed by atoms with Crippen LogP contribution in [0, 0.1) is 17.8 Å². The number of ether oxygens (including phenoxy) is 2. The normalized spacial score (nSPS) is 17.3. The Morgan fingerprint density at radius 2 is 1.44 bits per heavy atom. The molecule has 2 aromatic carbocycles. The lowest BCUT2D eigenvalue weighted by atomic mass is 9.98. The first-order valence-electron chi connectivity index (χ1n) is 19.0. The van der Waals surface area contributed by atoms with Crippen molar-refractivity contribution in [1.29, 1.82) is 0 Å². The predicted molar refractivity (Wildman–Crippen MR) is 210 cm³/mol. The Morgan fingerprint density at radius 3 is 1.98 bits per heavy atom. The molecule has 0 saturated heterocycles. The number of amides is 4. The number of esters is 1. The molecular formula is C43H60N4O7. The standard InChI is InChI=1S/C43H60N4O7/c1-10-30(6)40(46(7)8)43(52)54-37(24-29(4)5)42(51)45-34(23-28(2)3)41(50)44-33(25-31-17-13-11-14-18-31)21-22-38(48)47-35(36(53-9)27-39(47)49)26-32-19-15-12-16-20-32/h11-22,27-30,33-35,37,40H,10,23-26H2,1-9H3,(H,44,50)(H,45,51)/b22-21+/t30-,33+,34-,35+,37-,40-/m0/s1. The first-order valence-corrected chi connectivity index (χ1v) is 19.0. The summed E-state index contributed by atoms with van der Waals surface area (Å²) < 4.78 is 11.4. The van der Waals surface area contributed by atoms with Crippen LogP contribution < -0.4 is 10.6 Å². The first-order chi connectivity index (χ1) is 25.6. The molecule has 0 bridgehead atoms. The average molecular weight is 745 g/mol. The highest BCUT2D eigenvalue weighted by atomic mass is 16.5.